The summed E-state index contributed by atoms with van der Waals surface area (Å²) < 4.78 is 26.2. The zero-order valence-electron chi connectivity index (χ0n) is 12.9. The highest BCUT2D eigenvalue weighted by Gasteiger charge is 2.20. The largest absolute Gasteiger partial charge is 0.314 e. The molecule has 0 amide bonds. The number of hydrogen-bond donors (Lipinski definition) is 1. The van der Waals surface area contributed by atoms with Gasteiger partial charge in [0.15, 0.2) is 0 Å². The summed E-state index contributed by atoms with van der Waals surface area (Å²) in [5, 5.41) is 3.27. The van der Waals surface area contributed by atoms with Crippen molar-refractivity contribution < 1.29 is 8.42 Å². The number of rotatable bonds is 6. The van der Waals surface area contributed by atoms with Crippen LogP contribution in [-0.2, 0) is 16.6 Å². The van der Waals surface area contributed by atoms with Crippen molar-refractivity contribution in [1.82, 2.24) is 14.5 Å². The van der Waals surface area contributed by atoms with Crippen LogP contribution < -0.4 is 5.32 Å². The highest BCUT2D eigenvalue weighted by atomic mass is 32.2. The van der Waals surface area contributed by atoms with Gasteiger partial charge in [-0.15, -0.1) is 0 Å². The van der Waals surface area contributed by atoms with E-state index in [0.717, 1.165) is 37.3 Å². The smallest absolute Gasteiger partial charge is 0.215 e. The molecule has 1 aromatic rings. The molecule has 1 saturated heterocycles. The van der Waals surface area contributed by atoms with Crippen molar-refractivity contribution in [3.63, 3.8) is 0 Å². The number of piperazine rings is 1. The number of nitrogens with one attached hydrogen (secondary N) is 1. The SMILES string of the molecule is Cc1ccccc1CN(C)S(=O)(=O)CCN1CCNCC1. The standard InChI is InChI=1S/C15H25N3O2S/c1-14-5-3-4-6-15(14)13-17(2)21(19,20)12-11-18-9-7-16-8-10-18/h3-6,16H,7-13H2,1-2H3. The minimum absolute atomic E-state index is 0.190. The van der Waals surface area contributed by atoms with Gasteiger partial charge >= 0.3 is 0 Å². The molecule has 0 aliphatic carbocycles. The van der Waals surface area contributed by atoms with Crippen LogP contribution in [0, 0.1) is 6.92 Å². The van der Waals surface area contributed by atoms with Crippen LogP contribution in [0.25, 0.3) is 0 Å². The first-order valence-corrected chi connectivity index (χ1v) is 9.01. The lowest BCUT2D eigenvalue weighted by Gasteiger charge is -2.28. The minimum atomic E-state index is -3.20. The average Bonchev–Trinajstić information content (AvgIpc) is 2.48. The number of nitrogens with zero attached hydrogens (tertiary/aromatic N) is 2. The van der Waals surface area contributed by atoms with Crippen LogP contribution in [0.15, 0.2) is 24.3 Å². The molecule has 118 valence electrons. The van der Waals surface area contributed by atoms with E-state index in [9.17, 15) is 8.42 Å². The third kappa shape index (κ3) is 4.78. The predicted octanol–water partition coefficient (Wildman–Crippen LogP) is 0.662. The molecule has 0 saturated carbocycles. The van der Waals surface area contributed by atoms with Crippen molar-refractivity contribution in [2.75, 3.05) is 45.5 Å². The molecule has 2 rings (SSSR count). The summed E-state index contributed by atoms with van der Waals surface area (Å²) in [6.07, 6.45) is 0. The molecule has 1 aliphatic rings. The average molecular weight is 311 g/mol. The summed E-state index contributed by atoms with van der Waals surface area (Å²) in [6, 6.07) is 7.91. The molecule has 0 spiro atoms. The third-order valence-electron chi connectivity index (χ3n) is 4.00. The van der Waals surface area contributed by atoms with Crippen molar-refractivity contribution in [3.8, 4) is 0 Å². The Morgan fingerprint density at radius 2 is 1.90 bits per heavy atom. The normalized spacial score (nSPS) is 17.3. The second kappa shape index (κ2) is 7.35. The Kier molecular flexibility index (Phi) is 5.75. The van der Waals surface area contributed by atoms with E-state index in [-0.39, 0.29) is 5.75 Å². The second-order valence-electron chi connectivity index (χ2n) is 5.59. The highest BCUT2D eigenvalue weighted by Crippen LogP contribution is 2.12. The third-order valence-corrected chi connectivity index (χ3v) is 5.78. The van der Waals surface area contributed by atoms with Crippen LogP contribution in [0.3, 0.4) is 0 Å². The fourth-order valence-corrected chi connectivity index (χ4v) is 3.60. The van der Waals surface area contributed by atoms with Crippen molar-refractivity contribution in [3.05, 3.63) is 35.4 Å². The van der Waals surface area contributed by atoms with Gasteiger partial charge in [0.05, 0.1) is 5.75 Å². The molecule has 21 heavy (non-hydrogen) atoms. The molecule has 1 aromatic carbocycles. The molecule has 5 nitrogen and oxygen atoms in total. The van der Waals surface area contributed by atoms with Gasteiger partial charge in [0, 0.05) is 46.3 Å². The van der Waals surface area contributed by atoms with E-state index < -0.39 is 10.0 Å². The molecule has 1 aliphatic heterocycles. The van der Waals surface area contributed by atoms with Crippen molar-refractivity contribution in [2.45, 2.75) is 13.5 Å². The summed E-state index contributed by atoms with van der Waals surface area (Å²) >= 11 is 0. The van der Waals surface area contributed by atoms with Gasteiger partial charge in [-0.2, -0.15) is 0 Å². The maximum absolute atomic E-state index is 12.4. The molecular weight excluding hydrogens is 286 g/mol. The lowest BCUT2D eigenvalue weighted by atomic mass is 10.1. The Morgan fingerprint density at radius 3 is 2.57 bits per heavy atom. The van der Waals surface area contributed by atoms with Crippen molar-refractivity contribution >= 4 is 10.0 Å². The number of aryl methyl sites for hydroxylation is 1. The molecule has 0 unspecified atom stereocenters. The maximum Gasteiger partial charge on any atom is 0.215 e. The van der Waals surface area contributed by atoms with Crippen LogP contribution in [0.4, 0.5) is 0 Å². The molecule has 0 aromatic heterocycles. The van der Waals surface area contributed by atoms with E-state index >= 15 is 0 Å². The van der Waals surface area contributed by atoms with Crippen molar-refractivity contribution in [1.29, 1.82) is 0 Å². The summed E-state index contributed by atoms with van der Waals surface area (Å²) in [7, 11) is -1.54. The van der Waals surface area contributed by atoms with Gasteiger partial charge in [0.1, 0.15) is 0 Å². The van der Waals surface area contributed by atoms with Gasteiger partial charge in [-0.25, -0.2) is 12.7 Å². The lowest BCUT2D eigenvalue weighted by molar-refractivity contribution is 0.252. The minimum Gasteiger partial charge on any atom is -0.314 e. The van der Waals surface area contributed by atoms with E-state index in [1.807, 2.05) is 31.2 Å². The zero-order valence-corrected chi connectivity index (χ0v) is 13.7. The van der Waals surface area contributed by atoms with Crippen LogP contribution in [0.5, 0.6) is 0 Å². The first-order chi connectivity index (χ1) is 9.99. The van der Waals surface area contributed by atoms with Gasteiger partial charge in [-0.1, -0.05) is 24.3 Å². The van der Waals surface area contributed by atoms with Crippen molar-refractivity contribution in [2.24, 2.45) is 0 Å². The Bertz CT molecular complexity index is 554. The fourth-order valence-electron chi connectivity index (χ4n) is 2.46. The predicted molar refractivity (Wildman–Crippen MR) is 85.7 cm³/mol. The topological polar surface area (TPSA) is 52.7 Å². The Labute approximate surface area is 128 Å². The van der Waals surface area contributed by atoms with Crippen LogP contribution in [-0.4, -0.2) is 63.1 Å². The quantitative estimate of drug-likeness (QED) is 0.839. The Hall–Kier alpha value is -0.950. The van der Waals surface area contributed by atoms with Gasteiger partial charge in [-0.05, 0) is 18.1 Å². The van der Waals surface area contributed by atoms with Crippen LogP contribution in [0.1, 0.15) is 11.1 Å². The highest BCUT2D eigenvalue weighted by molar-refractivity contribution is 7.89. The van der Waals surface area contributed by atoms with E-state index in [0.29, 0.717) is 13.1 Å². The summed E-state index contributed by atoms with van der Waals surface area (Å²) in [5.74, 6) is 0.190. The molecule has 0 atom stereocenters. The maximum atomic E-state index is 12.4. The Morgan fingerprint density at radius 1 is 1.24 bits per heavy atom. The molecule has 0 radical (unpaired) electrons. The number of benzene rings is 1. The van der Waals surface area contributed by atoms with Crippen LogP contribution in [0.2, 0.25) is 0 Å². The summed E-state index contributed by atoms with van der Waals surface area (Å²) in [5.41, 5.74) is 2.19. The fraction of sp³-hybridized carbons (Fsp3) is 0.600. The second-order valence-corrected chi connectivity index (χ2v) is 7.79. The van der Waals surface area contributed by atoms with E-state index in [1.54, 1.807) is 7.05 Å². The monoisotopic (exact) mass is 311 g/mol. The van der Waals surface area contributed by atoms with Gasteiger partial charge in [0.25, 0.3) is 0 Å². The zero-order chi connectivity index (χ0) is 15.3. The Balaban J connectivity index is 1.90. The number of hydrogen-bond acceptors (Lipinski definition) is 4. The molecule has 1 fully saturated rings. The molecule has 1 heterocycles. The molecular formula is C15H25N3O2S. The van der Waals surface area contributed by atoms with E-state index in [2.05, 4.69) is 10.2 Å². The first kappa shape index (κ1) is 16.4. The van der Waals surface area contributed by atoms with Gasteiger partial charge in [-0.3, -0.25) is 4.90 Å². The number of sulfonamides is 1. The molecule has 1 N–H and O–H groups in total. The van der Waals surface area contributed by atoms with E-state index in [1.165, 1.54) is 4.31 Å². The molecule has 6 heteroatoms. The lowest BCUT2D eigenvalue weighted by Crippen LogP contribution is -2.46. The first-order valence-electron chi connectivity index (χ1n) is 7.40. The summed E-state index contributed by atoms with van der Waals surface area (Å²) in [4.78, 5) is 2.20. The van der Waals surface area contributed by atoms with E-state index in [4.69, 9.17) is 0 Å². The van der Waals surface area contributed by atoms with Crippen LogP contribution >= 0.6 is 0 Å². The molecule has 0 bridgehead atoms. The van der Waals surface area contributed by atoms with Gasteiger partial charge < -0.3 is 5.32 Å². The van der Waals surface area contributed by atoms with Gasteiger partial charge in [0.2, 0.25) is 10.0 Å². The summed E-state index contributed by atoms with van der Waals surface area (Å²) in [6.45, 7) is 6.81.